The van der Waals surface area contributed by atoms with E-state index in [-0.39, 0.29) is 0 Å². The second kappa shape index (κ2) is 3.52. The first-order valence-corrected chi connectivity index (χ1v) is 8.24. The lowest BCUT2D eigenvalue weighted by atomic mass is 9.56. The molecule has 2 fully saturated rings. The van der Waals surface area contributed by atoms with Gasteiger partial charge in [0.15, 0.2) is 11.5 Å². The minimum atomic E-state index is 0.360. The van der Waals surface area contributed by atoms with Crippen LogP contribution >= 0.6 is 0 Å². The maximum absolute atomic E-state index is 9.89. The van der Waals surface area contributed by atoms with Gasteiger partial charge in [0, 0.05) is 5.56 Å². The highest BCUT2D eigenvalue weighted by atomic mass is 16.6. The summed E-state index contributed by atoms with van der Waals surface area (Å²) in [6.45, 7) is 2.54. The van der Waals surface area contributed by atoms with Crippen LogP contribution in [0.5, 0.6) is 17.2 Å². The van der Waals surface area contributed by atoms with Crippen molar-refractivity contribution in [2.24, 2.45) is 17.3 Å². The van der Waals surface area contributed by atoms with Crippen LogP contribution in [-0.2, 0) is 6.42 Å². The molecule has 5 rings (SSSR count). The van der Waals surface area contributed by atoms with E-state index in [0.717, 1.165) is 29.8 Å². The molecular formula is C18H22O2. The van der Waals surface area contributed by atoms with E-state index in [0.29, 0.717) is 17.1 Å². The van der Waals surface area contributed by atoms with Gasteiger partial charge >= 0.3 is 0 Å². The quantitative estimate of drug-likeness (QED) is 0.701. The second-order valence-electron chi connectivity index (χ2n) is 7.73. The van der Waals surface area contributed by atoms with Crippen LogP contribution in [0.25, 0.3) is 0 Å². The molecule has 0 bridgehead atoms. The summed E-state index contributed by atoms with van der Waals surface area (Å²) in [4.78, 5) is 0. The number of benzene rings is 1. The lowest BCUT2D eigenvalue weighted by Gasteiger charge is -2.48. The molecule has 1 aromatic rings. The molecule has 2 heteroatoms. The maximum atomic E-state index is 9.89. The van der Waals surface area contributed by atoms with Crippen LogP contribution in [0.3, 0.4) is 0 Å². The molecule has 1 aromatic carbocycles. The van der Waals surface area contributed by atoms with Crippen LogP contribution in [0, 0.1) is 17.3 Å². The summed E-state index contributed by atoms with van der Waals surface area (Å²) in [5.74, 6) is 4.66. The number of fused-ring (bicyclic) bond motifs is 7. The van der Waals surface area contributed by atoms with E-state index in [4.69, 9.17) is 4.74 Å². The Hall–Kier alpha value is -1.18. The molecule has 0 saturated heterocycles. The van der Waals surface area contributed by atoms with Gasteiger partial charge in [-0.2, -0.15) is 0 Å². The third kappa shape index (κ3) is 1.30. The third-order valence-corrected chi connectivity index (χ3v) is 6.84. The molecule has 4 aliphatic rings. The highest BCUT2D eigenvalue weighted by Gasteiger charge is 2.52. The molecule has 2 saturated carbocycles. The topological polar surface area (TPSA) is 32.8 Å². The van der Waals surface area contributed by atoms with E-state index in [1.165, 1.54) is 49.7 Å². The number of ether oxygens (including phenoxy) is 1. The number of aromatic hydroxyl groups is 1. The summed E-state index contributed by atoms with van der Waals surface area (Å²) in [5.41, 5.74) is 3.46. The molecule has 0 amide bonds. The van der Waals surface area contributed by atoms with Gasteiger partial charge in [-0.1, -0.05) is 13.3 Å². The number of hydrogen-bond donors (Lipinski definition) is 1. The molecule has 1 N–H and O–H groups in total. The van der Waals surface area contributed by atoms with E-state index in [2.05, 4.69) is 6.92 Å². The molecule has 2 nitrogen and oxygen atoms in total. The van der Waals surface area contributed by atoms with Crippen molar-refractivity contribution >= 4 is 0 Å². The zero-order chi connectivity index (χ0) is 13.5. The van der Waals surface area contributed by atoms with Gasteiger partial charge in [-0.15, -0.1) is 0 Å². The Balaban J connectivity index is 1.60. The van der Waals surface area contributed by atoms with Crippen molar-refractivity contribution in [2.75, 3.05) is 0 Å². The Kier molecular flexibility index (Phi) is 2.02. The van der Waals surface area contributed by atoms with E-state index in [9.17, 15) is 5.11 Å². The van der Waals surface area contributed by atoms with Crippen LogP contribution in [0.2, 0.25) is 0 Å². The second-order valence-corrected chi connectivity index (χ2v) is 7.73. The third-order valence-electron chi connectivity index (χ3n) is 6.84. The molecule has 20 heavy (non-hydrogen) atoms. The average molecular weight is 270 g/mol. The van der Waals surface area contributed by atoms with Crippen molar-refractivity contribution in [2.45, 2.75) is 57.8 Å². The molecule has 106 valence electrons. The SMILES string of the molecule is C[C@@]12CCC[C@H]1[C@@H]1CCc3cc(O)c4c(c3[C@H]1CC2)O4. The molecule has 1 aliphatic heterocycles. The summed E-state index contributed by atoms with van der Waals surface area (Å²) in [6.07, 6.45) is 9.47. The fourth-order valence-electron chi connectivity index (χ4n) is 5.85. The molecule has 3 aliphatic carbocycles. The first kappa shape index (κ1) is 11.5. The van der Waals surface area contributed by atoms with Gasteiger partial charge < -0.3 is 9.84 Å². The van der Waals surface area contributed by atoms with E-state index >= 15 is 0 Å². The molecule has 1 heterocycles. The lowest BCUT2D eigenvalue weighted by molar-refractivity contribution is 0.0597. The first-order valence-electron chi connectivity index (χ1n) is 8.24. The minimum Gasteiger partial charge on any atom is -0.504 e. The maximum Gasteiger partial charge on any atom is 0.211 e. The van der Waals surface area contributed by atoms with Crippen molar-refractivity contribution in [1.29, 1.82) is 0 Å². The fourth-order valence-corrected chi connectivity index (χ4v) is 5.85. The summed E-state index contributed by atoms with van der Waals surface area (Å²) < 4.78 is 5.60. The summed E-state index contributed by atoms with van der Waals surface area (Å²) in [5, 5.41) is 9.89. The predicted octanol–water partition coefficient (Wildman–Crippen LogP) is 4.74. The van der Waals surface area contributed by atoms with Crippen molar-refractivity contribution in [3.8, 4) is 17.2 Å². The predicted molar refractivity (Wildman–Crippen MR) is 77.4 cm³/mol. The average Bonchev–Trinajstić information content (AvgIpc) is 3.14. The van der Waals surface area contributed by atoms with Crippen molar-refractivity contribution in [1.82, 2.24) is 0 Å². The monoisotopic (exact) mass is 270 g/mol. The van der Waals surface area contributed by atoms with Crippen LogP contribution < -0.4 is 4.74 Å². The van der Waals surface area contributed by atoms with Gasteiger partial charge in [0.2, 0.25) is 5.75 Å². The van der Waals surface area contributed by atoms with Crippen molar-refractivity contribution < 1.29 is 9.84 Å². The molecule has 0 aromatic heterocycles. The van der Waals surface area contributed by atoms with E-state index < -0.39 is 0 Å². The van der Waals surface area contributed by atoms with Gasteiger partial charge in [0.05, 0.1) is 0 Å². The Morgan fingerprint density at radius 3 is 3.00 bits per heavy atom. The van der Waals surface area contributed by atoms with Crippen LogP contribution in [-0.4, -0.2) is 5.11 Å². The molecule has 4 atom stereocenters. The molecule has 0 spiro atoms. The van der Waals surface area contributed by atoms with E-state index in [1.54, 1.807) is 0 Å². The zero-order valence-corrected chi connectivity index (χ0v) is 12.1. The zero-order valence-electron chi connectivity index (χ0n) is 12.1. The Labute approximate surface area is 120 Å². The number of hydrogen-bond acceptors (Lipinski definition) is 2. The van der Waals surface area contributed by atoms with Crippen molar-refractivity contribution in [3.63, 3.8) is 0 Å². The molecular weight excluding hydrogens is 248 g/mol. The normalized spacial score (nSPS) is 40.1. The number of phenols is 1. The number of rotatable bonds is 0. The van der Waals surface area contributed by atoms with Crippen molar-refractivity contribution in [3.05, 3.63) is 17.2 Å². The highest BCUT2D eigenvalue weighted by Crippen LogP contribution is 2.66. The smallest absolute Gasteiger partial charge is 0.211 e. The number of aryl methyl sites for hydroxylation is 1. The van der Waals surface area contributed by atoms with Crippen LogP contribution in [0.4, 0.5) is 0 Å². The minimum absolute atomic E-state index is 0.360. The lowest BCUT2D eigenvalue weighted by Crippen LogP contribution is -2.39. The Morgan fingerprint density at radius 2 is 2.10 bits per heavy atom. The molecule has 0 radical (unpaired) electrons. The summed E-state index contributed by atoms with van der Waals surface area (Å²) in [6, 6.07) is 1.97. The summed E-state index contributed by atoms with van der Waals surface area (Å²) >= 11 is 0. The summed E-state index contributed by atoms with van der Waals surface area (Å²) in [7, 11) is 0. The Bertz CT molecular complexity index is 606. The number of phenolic OH excluding ortho intramolecular Hbond substituents is 1. The van der Waals surface area contributed by atoms with Crippen LogP contribution in [0.15, 0.2) is 6.07 Å². The van der Waals surface area contributed by atoms with Gasteiger partial charge in [-0.05, 0) is 73.3 Å². The fraction of sp³-hybridized carbons (Fsp3) is 0.667. The highest BCUT2D eigenvalue weighted by molar-refractivity contribution is 5.70. The van der Waals surface area contributed by atoms with Gasteiger partial charge in [-0.25, -0.2) is 0 Å². The van der Waals surface area contributed by atoms with Crippen LogP contribution in [0.1, 0.15) is 62.5 Å². The Morgan fingerprint density at radius 1 is 1.20 bits per heavy atom. The first-order chi connectivity index (χ1) is 9.67. The van der Waals surface area contributed by atoms with E-state index in [1.807, 2.05) is 6.07 Å². The standard InChI is InChI=1S/C18H22O2/c1-18-7-2-3-13(18)11-5-4-10-9-14(19)16-17(20-16)15(10)12(11)6-8-18/h9,11-13,19H,2-8H2,1H3/t11-,12+,13+,18+/m1/s1. The molecule has 0 unspecified atom stereocenters. The van der Waals surface area contributed by atoms with Gasteiger partial charge in [-0.3, -0.25) is 0 Å². The van der Waals surface area contributed by atoms with Gasteiger partial charge in [0.1, 0.15) is 0 Å². The largest absolute Gasteiger partial charge is 0.504 e. The van der Waals surface area contributed by atoms with Gasteiger partial charge in [0.25, 0.3) is 0 Å².